The van der Waals surface area contributed by atoms with Crippen LogP contribution < -0.4 is 10.6 Å². The number of hydrogen-bond acceptors (Lipinski definition) is 2. The smallest absolute Gasteiger partial charge is 0.256 e. The molecule has 4 heteroatoms. The van der Waals surface area contributed by atoms with E-state index < -0.39 is 0 Å². The number of fused-ring (bicyclic) bond motifs is 1. The lowest BCUT2D eigenvalue weighted by atomic mass is 10.0. The number of carbonyl (C=O) groups is 1. The molecule has 139 valence electrons. The zero-order valence-corrected chi connectivity index (χ0v) is 15.6. The number of amides is 1. The Balaban J connectivity index is 1.42. The van der Waals surface area contributed by atoms with Crippen molar-refractivity contribution in [2.45, 2.75) is 0 Å². The van der Waals surface area contributed by atoms with Gasteiger partial charge in [0.15, 0.2) is 0 Å². The van der Waals surface area contributed by atoms with Crippen LogP contribution in [0.3, 0.4) is 0 Å². The van der Waals surface area contributed by atoms with Crippen molar-refractivity contribution in [1.29, 1.82) is 0 Å². The van der Waals surface area contributed by atoms with E-state index in [9.17, 15) is 4.79 Å². The summed E-state index contributed by atoms with van der Waals surface area (Å²) < 4.78 is 0. The van der Waals surface area contributed by atoms with Gasteiger partial charge in [-0.25, -0.2) is 0 Å². The average molecular weight is 376 g/mol. The molecule has 3 aromatic carbocycles. The standard InChI is InChI=1S/C25H18N3O/c29-25-23(15-19-10-5-13-26-19)22-12-11-21(16-24(22)28-25)27-20-9-4-8-18(14-20)17-6-2-1-3-7-17/h1-2,4-16,26-27H,(H,28,29). The molecule has 0 aliphatic carbocycles. The second-order valence-electron chi connectivity index (χ2n) is 6.90. The molecule has 1 amide bonds. The second kappa shape index (κ2) is 7.17. The van der Waals surface area contributed by atoms with Crippen LogP contribution in [0.15, 0.2) is 85.1 Å². The first kappa shape index (κ1) is 17.1. The first-order chi connectivity index (χ1) is 14.3. The summed E-state index contributed by atoms with van der Waals surface area (Å²) in [5, 5.41) is 6.39. The zero-order valence-electron chi connectivity index (χ0n) is 15.6. The van der Waals surface area contributed by atoms with Crippen molar-refractivity contribution < 1.29 is 4.79 Å². The highest BCUT2D eigenvalue weighted by Crippen LogP contribution is 2.36. The Morgan fingerprint density at radius 1 is 0.897 bits per heavy atom. The van der Waals surface area contributed by atoms with E-state index >= 15 is 0 Å². The number of aromatic nitrogens is 1. The van der Waals surface area contributed by atoms with Crippen LogP contribution in [0.5, 0.6) is 0 Å². The third-order valence-electron chi connectivity index (χ3n) is 4.92. The highest BCUT2D eigenvalue weighted by atomic mass is 16.2. The number of nitrogens with one attached hydrogen (secondary N) is 3. The molecule has 2 heterocycles. The van der Waals surface area contributed by atoms with Crippen LogP contribution in [-0.4, -0.2) is 10.9 Å². The molecule has 0 fully saturated rings. The van der Waals surface area contributed by atoms with E-state index in [0.717, 1.165) is 39.4 Å². The SMILES string of the molecule is O=C1Nc2cc(Nc3cccc(-c4c[c]ccc4)c3)ccc2C1=Cc1ccc[nH]1. The number of rotatable bonds is 4. The number of aromatic amines is 1. The molecular weight excluding hydrogens is 358 g/mol. The monoisotopic (exact) mass is 376 g/mol. The van der Waals surface area contributed by atoms with Gasteiger partial charge in [0.2, 0.25) is 0 Å². The Morgan fingerprint density at radius 2 is 1.79 bits per heavy atom. The molecule has 3 N–H and O–H groups in total. The summed E-state index contributed by atoms with van der Waals surface area (Å²) >= 11 is 0. The first-order valence-electron chi connectivity index (χ1n) is 9.41. The van der Waals surface area contributed by atoms with Gasteiger partial charge in [0, 0.05) is 28.8 Å². The minimum Gasteiger partial charge on any atom is -0.362 e. The predicted molar refractivity (Wildman–Crippen MR) is 118 cm³/mol. The van der Waals surface area contributed by atoms with E-state index in [1.54, 1.807) is 0 Å². The van der Waals surface area contributed by atoms with Gasteiger partial charge in [-0.15, -0.1) is 0 Å². The van der Waals surface area contributed by atoms with E-state index in [2.05, 4.69) is 39.9 Å². The molecule has 29 heavy (non-hydrogen) atoms. The summed E-state index contributed by atoms with van der Waals surface area (Å²) in [7, 11) is 0. The second-order valence-corrected chi connectivity index (χ2v) is 6.90. The Hall–Kier alpha value is -4.05. The quantitative estimate of drug-likeness (QED) is 0.399. The fourth-order valence-electron chi connectivity index (χ4n) is 3.52. The van der Waals surface area contributed by atoms with Crippen LogP contribution in [0.2, 0.25) is 0 Å². The maximum atomic E-state index is 12.4. The van der Waals surface area contributed by atoms with E-state index in [1.165, 1.54) is 0 Å². The maximum absolute atomic E-state index is 12.4. The summed E-state index contributed by atoms with van der Waals surface area (Å²) in [5.41, 5.74) is 7.43. The molecule has 0 saturated heterocycles. The molecule has 0 bridgehead atoms. The van der Waals surface area contributed by atoms with Crippen LogP contribution in [0.4, 0.5) is 17.1 Å². The van der Waals surface area contributed by atoms with Crippen molar-refractivity contribution in [3.63, 3.8) is 0 Å². The van der Waals surface area contributed by atoms with Gasteiger partial charge in [-0.05, 0) is 65.7 Å². The van der Waals surface area contributed by atoms with Crippen LogP contribution in [-0.2, 0) is 4.79 Å². The molecule has 1 aliphatic heterocycles. The van der Waals surface area contributed by atoms with Gasteiger partial charge < -0.3 is 15.6 Å². The van der Waals surface area contributed by atoms with Crippen LogP contribution >= 0.6 is 0 Å². The Morgan fingerprint density at radius 3 is 2.62 bits per heavy atom. The largest absolute Gasteiger partial charge is 0.362 e. The minimum absolute atomic E-state index is 0.0888. The lowest BCUT2D eigenvalue weighted by Crippen LogP contribution is -2.03. The zero-order chi connectivity index (χ0) is 19.6. The number of anilines is 3. The van der Waals surface area contributed by atoms with Crippen molar-refractivity contribution in [2.75, 3.05) is 10.6 Å². The van der Waals surface area contributed by atoms with Gasteiger partial charge in [-0.2, -0.15) is 0 Å². The summed E-state index contributed by atoms with van der Waals surface area (Å²) in [5.74, 6) is -0.0888. The Kier molecular flexibility index (Phi) is 4.22. The number of hydrogen-bond donors (Lipinski definition) is 3. The molecule has 0 atom stereocenters. The number of benzene rings is 3. The molecular formula is C25H18N3O. The summed E-state index contributed by atoms with van der Waals surface area (Å²) in [4.78, 5) is 15.5. The highest BCUT2D eigenvalue weighted by Gasteiger charge is 2.24. The van der Waals surface area contributed by atoms with E-state index in [0.29, 0.717) is 5.57 Å². The normalized spacial score (nSPS) is 13.9. The fraction of sp³-hybridized carbons (Fsp3) is 0. The third-order valence-corrected chi connectivity index (χ3v) is 4.92. The Bertz CT molecular complexity index is 1210. The molecule has 0 saturated carbocycles. The first-order valence-corrected chi connectivity index (χ1v) is 9.41. The van der Waals surface area contributed by atoms with Crippen molar-refractivity contribution in [1.82, 2.24) is 4.98 Å². The maximum Gasteiger partial charge on any atom is 0.256 e. The van der Waals surface area contributed by atoms with Gasteiger partial charge in [-0.1, -0.05) is 36.4 Å². The summed E-state index contributed by atoms with van der Waals surface area (Å²) in [6, 6.07) is 29.0. The average Bonchev–Trinajstić information content (AvgIpc) is 3.37. The number of carbonyl (C=O) groups excluding carboxylic acids is 1. The predicted octanol–water partition coefficient (Wildman–Crippen LogP) is 5.72. The molecule has 4 aromatic rings. The van der Waals surface area contributed by atoms with E-state index in [1.807, 2.05) is 72.9 Å². The molecule has 1 aromatic heterocycles. The number of H-pyrrole nitrogens is 1. The van der Waals surface area contributed by atoms with Crippen molar-refractivity contribution in [2.24, 2.45) is 0 Å². The highest BCUT2D eigenvalue weighted by molar-refractivity contribution is 6.35. The molecule has 1 radical (unpaired) electrons. The van der Waals surface area contributed by atoms with E-state index in [-0.39, 0.29) is 5.91 Å². The lowest BCUT2D eigenvalue weighted by molar-refractivity contribution is -0.110. The van der Waals surface area contributed by atoms with Gasteiger partial charge in [0.25, 0.3) is 5.91 Å². The van der Waals surface area contributed by atoms with Crippen LogP contribution in [0.25, 0.3) is 22.8 Å². The van der Waals surface area contributed by atoms with Crippen LogP contribution in [0, 0.1) is 6.07 Å². The molecule has 0 spiro atoms. The molecule has 0 unspecified atom stereocenters. The Labute approximate surface area is 168 Å². The molecule has 5 rings (SSSR count). The van der Waals surface area contributed by atoms with Crippen molar-refractivity contribution >= 4 is 34.6 Å². The van der Waals surface area contributed by atoms with Gasteiger partial charge in [0.05, 0.1) is 11.3 Å². The lowest BCUT2D eigenvalue weighted by Gasteiger charge is -2.10. The molecule has 1 aliphatic rings. The van der Waals surface area contributed by atoms with Gasteiger partial charge >= 0.3 is 0 Å². The van der Waals surface area contributed by atoms with E-state index in [4.69, 9.17) is 0 Å². The minimum atomic E-state index is -0.0888. The van der Waals surface area contributed by atoms with Crippen molar-refractivity contribution in [3.8, 4) is 11.1 Å². The molecule has 4 nitrogen and oxygen atoms in total. The third kappa shape index (κ3) is 3.44. The topological polar surface area (TPSA) is 56.9 Å². The van der Waals surface area contributed by atoms with Crippen molar-refractivity contribution in [3.05, 3.63) is 102 Å². The summed E-state index contributed by atoms with van der Waals surface area (Å²) in [6.45, 7) is 0. The fourth-order valence-corrected chi connectivity index (χ4v) is 3.52. The van der Waals surface area contributed by atoms with Gasteiger partial charge in [-0.3, -0.25) is 4.79 Å². The summed E-state index contributed by atoms with van der Waals surface area (Å²) in [6.07, 6.45) is 3.71. The van der Waals surface area contributed by atoms with Gasteiger partial charge in [0.1, 0.15) is 0 Å². The van der Waals surface area contributed by atoms with Crippen LogP contribution in [0.1, 0.15) is 11.3 Å².